The zero-order chi connectivity index (χ0) is 13.2. The molecule has 0 saturated heterocycles. The zero-order valence-electron chi connectivity index (χ0n) is 10.6. The fourth-order valence-corrected chi connectivity index (χ4v) is 1.90. The van der Waals surface area contributed by atoms with E-state index < -0.39 is 0 Å². The Morgan fingerprint density at radius 1 is 1.21 bits per heavy atom. The van der Waals surface area contributed by atoms with Crippen LogP contribution in [0.3, 0.4) is 0 Å². The molecule has 2 N–H and O–H groups in total. The van der Waals surface area contributed by atoms with Crippen LogP contribution >= 0.6 is 0 Å². The van der Waals surface area contributed by atoms with Crippen molar-refractivity contribution in [3.63, 3.8) is 0 Å². The third-order valence-electron chi connectivity index (χ3n) is 2.94. The molecule has 0 radical (unpaired) electrons. The van der Waals surface area contributed by atoms with Gasteiger partial charge in [0.25, 0.3) is 0 Å². The normalized spacial score (nSPS) is 10.8. The van der Waals surface area contributed by atoms with Gasteiger partial charge in [-0.05, 0) is 12.5 Å². The van der Waals surface area contributed by atoms with Crippen LogP contribution in [-0.2, 0) is 6.61 Å². The number of imidazole rings is 1. The number of ether oxygens (including phenoxy) is 1. The first kappa shape index (κ1) is 11.5. The second kappa shape index (κ2) is 4.61. The van der Waals surface area contributed by atoms with Gasteiger partial charge in [-0.15, -0.1) is 0 Å². The Morgan fingerprint density at radius 2 is 2.00 bits per heavy atom. The summed E-state index contributed by atoms with van der Waals surface area (Å²) in [6.45, 7) is 2.34. The SMILES string of the molecule is Cc1nc2c(OCc3ccccc3)ccnn2c1N. The van der Waals surface area contributed by atoms with E-state index in [4.69, 9.17) is 10.5 Å². The fourth-order valence-electron chi connectivity index (χ4n) is 1.90. The summed E-state index contributed by atoms with van der Waals surface area (Å²) in [5, 5.41) is 4.17. The molecule has 5 nitrogen and oxygen atoms in total. The third kappa shape index (κ3) is 2.10. The predicted molar refractivity (Wildman–Crippen MR) is 72.9 cm³/mol. The van der Waals surface area contributed by atoms with Crippen molar-refractivity contribution in [2.24, 2.45) is 0 Å². The fraction of sp³-hybridized carbons (Fsp3) is 0.143. The van der Waals surface area contributed by atoms with E-state index in [1.165, 1.54) is 0 Å². The lowest BCUT2D eigenvalue weighted by atomic mass is 10.2. The number of benzene rings is 1. The predicted octanol–water partition coefficient (Wildman–Crippen LogP) is 2.20. The van der Waals surface area contributed by atoms with Gasteiger partial charge in [0.2, 0.25) is 0 Å². The number of hydrogen-bond donors (Lipinski definition) is 1. The maximum absolute atomic E-state index is 5.90. The van der Waals surface area contributed by atoms with Gasteiger partial charge in [0, 0.05) is 6.07 Å². The van der Waals surface area contributed by atoms with E-state index in [2.05, 4.69) is 10.1 Å². The quantitative estimate of drug-likeness (QED) is 0.778. The molecule has 2 heterocycles. The number of nitrogens with two attached hydrogens (primary N) is 1. The van der Waals surface area contributed by atoms with Crippen LogP contribution in [0.2, 0.25) is 0 Å². The highest BCUT2D eigenvalue weighted by Crippen LogP contribution is 2.22. The Kier molecular flexibility index (Phi) is 2.79. The van der Waals surface area contributed by atoms with Crippen molar-refractivity contribution in [2.45, 2.75) is 13.5 Å². The average Bonchev–Trinajstić information content (AvgIpc) is 2.74. The molecule has 2 aromatic heterocycles. The molecule has 0 aliphatic rings. The Labute approximate surface area is 110 Å². The van der Waals surface area contributed by atoms with Crippen molar-refractivity contribution in [1.82, 2.24) is 14.6 Å². The van der Waals surface area contributed by atoms with Crippen LogP contribution < -0.4 is 10.5 Å². The molecular weight excluding hydrogens is 240 g/mol. The van der Waals surface area contributed by atoms with E-state index in [9.17, 15) is 0 Å². The third-order valence-corrected chi connectivity index (χ3v) is 2.94. The van der Waals surface area contributed by atoms with Gasteiger partial charge < -0.3 is 10.5 Å². The summed E-state index contributed by atoms with van der Waals surface area (Å²) in [6.07, 6.45) is 1.66. The molecule has 0 unspecified atom stereocenters. The van der Waals surface area contributed by atoms with E-state index in [0.29, 0.717) is 23.8 Å². The number of rotatable bonds is 3. The van der Waals surface area contributed by atoms with Gasteiger partial charge >= 0.3 is 0 Å². The summed E-state index contributed by atoms with van der Waals surface area (Å²) in [5.41, 5.74) is 8.40. The molecule has 0 fully saturated rings. The Balaban J connectivity index is 1.91. The highest BCUT2D eigenvalue weighted by Gasteiger charge is 2.11. The van der Waals surface area contributed by atoms with Gasteiger partial charge in [0.15, 0.2) is 11.4 Å². The van der Waals surface area contributed by atoms with E-state index in [1.54, 1.807) is 16.8 Å². The molecule has 0 atom stereocenters. The van der Waals surface area contributed by atoms with Gasteiger partial charge in [0.05, 0.1) is 11.9 Å². The van der Waals surface area contributed by atoms with Crippen LogP contribution in [0.25, 0.3) is 5.65 Å². The van der Waals surface area contributed by atoms with Gasteiger partial charge in [-0.3, -0.25) is 0 Å². The molecule has 0 bridgehead atoms. The Hall–Kier alpha value is -2.56. The van der Waals surface area contributed by atoms with Gasteiger partial charge in [0.1, 0.15) is 12.4 Å². The molecule has 0 amide bonds. The summed E-state index contributed by atoms with van der Waals surface area (Å²) < 4.78 is 7.39. The molecule has 0 spiro atoms. The van der Waals surface area contributed by atoms with Crippen molar-refractivity contribution in [3.05, 3.63) is 53.9 Å². The minimum absolute atomic E-state index is 0.492. The largest absolute Gasteiger partial charge is 0.485 e. The van der Waals surface area contributed by atoms with Crippen LogP contribution in [-0.4, -0.2) is 14.6 Å². The highest BCUT2D eigenvalue weighted by molar-refractivity contribution is 5.59. The van der Waals surface area contributed by atoms with Crippen LogP contribution in [0.5, 0.6) is 5.75 Å². The summed E-state index contributed by atoms with van der Waals surface area (Å²) >= 11 is 0. The number of aromatic nitrogens is 3. The second-order valence-electron chi connectivity index (χ2n) is 4.29. The number of hydrogen-bond acceptors (Lipinski definition) is 4. The zero-order valence-corrected chi connectivity index (χ0v) is 10.6. The number of fused-ring (bicyclic) bond motifs is 1. The molecular formula is C14H14N4O. The van der Waals surface area contributed by atoms with E-state index in [-0.39, 0.29) is 0 Å². The molecule has 96 valence electrons. The van der Waals surface area contributed by atoms with Crippen LogP contribution in [0.4, 0.5) is 5.82 Å². The highest BCUT2D eigenvalue weighted by atomic mass is 16.5. The molecule has 19 heavy (non-hydrogen) atoms. The number of aryl methyl sites for hydroxylation is 1. The van der Waals surface area contributed by atoms with E-state index in [0.717, 1.165) is 11.3 Å². The number of anilines is 1. The van der Waals surface area contributed by atoms with E-state index >= 15 is 0 Å². The van der Waals surface area contributed by atoms with Crippen molar-refractivity contribution in [3.8, 4) is 5.75 Å². The van der Waals surface area contributed by atoms with E-state index in [1.807, 2.05) is 37.3 Å². The molecule has 0 aliphatic heterocycles. The van der Waals surface area contributed by atoms with Crippen LogP contribution in [0.1, 0.15) is 11.3 Å². The lowest BCUT2D eigenvalue weighted by Crippen LogP contribution is -2.01. The van der Waals surface area contributed by atoms with Crippen LogP contribution in [0, 0.1) is 6.92 Å². The molecule has 1 aromatic carbocycles. The lowest BCUT2D eigenvalue weighted by Gasteiger charge is -2.06. The maximum atomic E-state index is 5.90. The first-order chi connectivity index (χ1) is 9.25. The summed E-state index contributed by atoms with van der Waals surface area (Å²) in [5.74, 6) is 1.22. The maximum Gasteiger partial charge on any atom is 0.198 e. The standard InChI is InChI=1S/C14H14N4O/c1-10-13(15)18-14(17-10)12(7-8-16-18)19-9-11-5-3-2-4-6-11/h2-8H,9,15H2,1H3. The first-order valence-corrected chi connectivity index (χ1v) is 6.02. The topological polar surface area (TPSA) is 65.4 Å². The molecule has 0 aliphatic carbocycles. The molecule has 5 heteroatoms. The summed E-state index contributed by atoms with van der Waals surface area (Å²) in [7, 11) is 0. The van der Waals surface area contributed by atoms with Crippen molar-refractivity contribution < 1.29 is 4.74 Å². The minimum atomic E-state index is 0.492. The number of nitrogens with zero attached hydrogens (tertiary/aromatic N) is 3. The van der Waals surface area contributed by atoms with Crippen LogP contribution in [0.15, 0.2) is 42.6 Å². The second-order valence-corrected chi connectivity index (χ2v) is 4.29. The van der Waals surface area contributed by atoms with Crippen molar-refractivity contribution in [1.29, 1.82) is 0 Å². The van der Waals surface area contributed by atoms with Gasteiger partial charge in [-0.2, -0.15) is 9.61 Å². The Bertz CT molecular complexity index is 706. The minimum Gasteiger partial charge on any atom is -0.485 e. The monoisotopic (exact) mass is 254 g/mol. The summed E-state index contributed by atoms with van der Waals surface area (Å²) in [4.78, 5) is 4.38. The van der Waals surface area contributed by atoms with Gasteiger partial charge in [-0.1, -0.05) is 30.3 Å². The lowest BCUT2D eigenvalue weighted by molar-refractivity contribution is 0.307. The average molecular weight is 254 g/mol. The number of nitrogen functional groups attached to an aromatic ring is 1. The van der Waals surface area contributed by atoms with Gasteiger partial charge in [-0.25, -0.2) is 4.98 Å². The van der Waals surface area contributed by atoms with Crippen molar-refractivity contribution in [2.75, 3.05) is 5.73 Å². The smallest absolute Gasteiger partial charge is 0.198 e. The first-order valence-electron chi connectivity index (χ1n) is 6.02. The molecule has 3 rings (SSSR count). The Morgan fingerprint density at radius 3 is 2.79 bits per heavy atom. The molecule has 0 saturated carbocycles. The van der Waals surface area contributed by atoms with Crippen molar-refractivity contribution >= 4 is 11.5 Å². The molecule has 3 aromatic rings. The summed E-state index contributed by atoms with van der Waals surface area (Å²) in [6, 6.07) is 11.8.